The molecule has 1 amide bonds. The van der Waals surface area contributed by atoms with Crippen molar-refractivity contribution < 1.29 is 9.21 Å². The highest BCUT2D eigenvalue weighted by atomic mass is 16.4. The number of carbonyl (C=O) groups is 1. The van der Waals surface area contributed by atoms with Crippen LogP contribution in [0.3, 0.4) is 0 Å². The zero-order valence-corrected chi connectivity index (χ0v) is 17.3. The predicted molar refractivity (Wildman–Crippen MR) is 107 cm³/mol. The van der Waals surface area contributed by atoms with Gasteiger partial charge < -0.3 is 20.0 Å². The van der Waals surface area contributed by atoms with Crippen molar-refractivity contribution in [3.05, 3.63) is 17.3 Å². The van der Waals surface area contributed by atoms with E-state index in [1.54, 1.807) is 4.90 Å². The highest BCUT2D eigenvalue weighted by Gasteiger charge is 2.30. The van der Waals surface area contributed by atoms with Crippen molar-refractivity contribution >= 4 is 11.9 Å². The average Bonchev–Trinajstić information content (AvgIpc) is 3.22. The van der Waals surface area contributed by atoms with Gasteiger partial charge in [-0.25, -0.2) is 9.98 Å². The molecule has 0 bridgehead atoms. The van der Waals surface area contributed by atoms with E-state index in [9.17, 15) is 4.79 Å². The van der Waals surface area contributed by atoms with Gasteiger partial charge in [-0.05, 0) is 46.6 Å². The lowest BCUT2D eigenvalue weighted by Gasteiger charge is -2.26. The Morgan fingerprint density at radius 2 is 2.15 bits per heavy atom. The summed E-state index contributed by atoms with van der Waals surface area (Å²) in [7, 11) is 3.66. The molecular weight excluding hydrogens is 344 g/mol. The summed E-state index contributed by atoms with van der Waals surface area (Å²) in [6.45, 7) is 9.80. The molecule has 0 spiro atoms. The third-order valence-corrected chi connectivity index (χ3v) is 4.79. The van der Waals surface area contributed by atoms with Gasteiger partial charge in [0.05, 0.1) is 11.7 Å². The smallest absolute Gasteiger partial charge is 0.239 e. The predicted octanol–water partition coefficient (Wildman–Crippen LogP) is 1.29. The molecule has 1 aromatic rings. The van der Waals surface area contributed by atoms with Gasteiger partial charge in [0.1, 0.15) is 12.3 Å². The van der Waals surface area contributed by atoms with Crippen molar-refractivity contribution in [3.8, 4) is 0 Å². The van der Waals surface area contributed by atoms with Gasteiger partial charge >= 0.3 is 0 Å². The van der Waals surface area contributed by atoms with Crippen LogP contribution in [0.4, 0.5) is 0 Å². The summed E-state index contributed by atoms with van der Waals surface area (Å²) in [6, 6.07) is 0.0402. The van der Waals surface area contributed by atoms with Gasteiger partial charge in [0, 0.05) is 33.7 Å². The van der Waals surface area contributed by atoms with Gasteiger partial charge in [-0.3, -0.25) is 9.69 Å². The van der Waals surface area contributed by atoms with E-state index in [0.29, 0.717) is 12.4 Å². The zero-order chi connectivity index (χ0) is 19.8. The standard InChI is InChI=1S/C19H34N6O2/c1-6-20-19(22-13-17-23-14(2)15(3)27-17)21-10-8-12-25-11-7-9-16(25)18(26)24(4)5/h16H,6-13H2,1-5H3,(H2,20,21,22). The Labute approximate surface area is 162 Å². The number of likely N-dealkylation sites (N-methyl/N-ethyl adjacent to an activating group) is 1. The van der Waals surface area contributed by atoms with Crippen molar-refractivity contribution in [2.75, 3.05) is 40.3 Å². The van der Waals surface area contributed by atoms with E-state index in [1.807, 2.05) is 34.9 Å². The summed E-state index contributed by atoms with van der Waals surface area (Å²) in [5, 5.41) is 6.59. The maximum Gasteiger partial charge on any atom is 0.239 e. The van der Waals surface area contributed by atoms with Crippen molar-refractivity contribution in [3.63, 3.8) is 0 Å². The van der Waals surface area contributed by atoms with Crippen LogP contribution in [0.2, 0.25) is 0 Å². The van der Waals surface area contributed by atoms with Gasteiger partial charge in [0.25, 0.3) is 0 Å². The van der Waals surface area contributed by atoms with E-state index < -0.39 is 0 Å². The number of hydrogen-bond donors (Lipinski definition) is 2. The highest BCUT2D eigenvalue weighted by molar-refractivity contribution is 5.81. The second-order valence-electron chi connectivity index (χ2n) is 7.15. The Morgan fingerprint density at radius 3 is 2.78 bits per heavy atom. The fourth-order valence-electron chi connectivity index (χ4n) is 3.26. The van der Waals surface area contributed by atoms with Gasteiger partial charge in [-0.1, -0.05) is 0 Å². The Kier molecular flexibility index (Phi) is 8.09. The van der Waals surface area contributed by atoms with Crippen LogP contribution in [-0.2, 0) is 11.3 Å². The largest absolute Gasteiger partial charge is 0.444 e. The molecule has 0 aromatic carbocycles. The molecule has 1 aliphatic heterocycles. The minimum atomic E-state index is 0.0402. The first kappa shape index (κ1) is 21.2. The van der Waals surface area contributed by atoms with Crippen LogP contribution >= 0.6 is 0 Å². The Bertz CT molecular complexity index is 621. The second kappa shape index (κ2) is 10.3. The number of rotatable bonds is 8. The lowest BCUT2D eigenvalue weighted by Crippen LogP contribution is -2.44. The fraction of sp³-hybridized carbons (Fsp3) is 0.737. The number of aliphatic imine (C=N–C) groups is 1. The molecular formula is C19H34N6O2. The summed E-state index contributed by atoms with van der Waals surface area (Å²) >= 11 is 0. The molecule has 1 unspecified atom stereocenters. The molecule has 2 N–H and O–H groups in total. The molecule has 1 saturated heterocycles. The number of oxazole rings is 1. The second-order valence-corrected chi connectivity index (χ2v) is 7.15. The SMILES string of the molecule is CCNC(=NCc1nc(C)c(C)o1)NCCCN1CCCC1C(=O)N(C)C. The fourth-order valence-corrected chi connectivity index (χ4v) is 3.26. The molecule has 1 atom stereocenters. The van der Waals surface area contributed by atoms with Crippen molar-refractivity contribution in [2.24, 2.45) is 4.99 Å². The van der Waals surface area contributed by atoms with Crippen LogP contribution in [-0.4, -0.2) is 73.0 Å². The number of likely N-dealkylation sites (tertiary alicyclic amines) is 1. The molecule has 2 heterocycles. The first-order valence-corrected chi connectivity index (χ1v) is 9.82. The van der Waals surface area contributed by atoms with Gasteiger partial charge in [-0.2, -0.15) is 0 Å². The molecule has 8 heteroatoms. The number of aromatic nitrogens is 1. The van der Waals surface area contributed by atoms with E-state index in [4.69, 9.17) is 4.42 Å². The summed E-state index contributed by atoms with van der Waals surface area (Å²) in [6.07, 6.45) is 3.01. The van der Waals surface area contributed by atoms with E-state index >= 15 is 0 Å². The first-order valence-electron chi connectivity index (χ1n) is 9.82. The third-order valence-electron chi connectivity index (χ3n) is 4.79. The Balaban J connectivity index is 1.78. The quantitative estimate of drug-likeness (QED) is 0.403. The van der Waals surface area contributed by atoms with Gasteiger partial charge in [0.2, 0.25) is 11.8 Å². The normalized spacial score (nSPS) is 18.0. The first-order chi connectivity index (χ1) is 12.9. The number of hydrogen-bond acceptors (Lipinski definition) is 5. The van der Waals surface area contributed by atoms with Crippen LogP contribution in [0.15, 0.2) is 9.41 Å². The maximum atomic E-state index is 12.3. The molecule has 27 heavy (non-hydrogen) atoms. The zero-order valence-electron chi connectivity index (χ0n) is 17.3. The lowest BCUT2D eigenvalue weighted by molar-refractivity contribution is -0.133. The molecule has 152 valence electrons. The van der Waals surface area contributed by atoms with Crippen LogP contribution < -0.4 is 10.6 Å². The monoisotopic (exact) mass is 378 g/mol. The number of nitrogens with one attached hydrogen (secondary N) is 2. The molecule has 1 fully saturated rings. The molecule has 0 aliphatic carbocycles. The molecule has 2 rings (SSSR count). The number of amides is 1. The third kappa shape index (κ3) is 6.23. The van der Waals surface area contributed by atoms with Crippen molar-refractivity contribution in [2.45, 2.75) is 52.6 Å². The Morgan fingerprint density at radius 1 is 1.37 bits per heavy atom. The topological polar surface area (TPSA) is 86.0 Å². The van der Waals surface area contributed by atoms with Gasteiger partial charge in [0.15, 0.2) is 5.96 Å². The van der Waals surface area contributed by atoms with E-state index in [1.165, 1.54) is 0 Å². The van der Waals surface area contributed by atoms with Crippen LogP contribution in [0.5, 0.6) is 0 Å². The summed E-state index contributed by atoms with van der Waals surface area (Å²) in [5.41, 5.74) is 0.908. The number of guanidine groups is 1. The Hall–Kier alpha value is -2.09. The van der Waals surface area contributed by atoms with Gasteiger partial charge in [-0.15, -0.1) is 0 Å². The number of nitrogens with zero attached hydrogens (tertiary/aromatic N) is 4. The minimum absolute atomic E-state index is 0.0402. The molecule has 0 radical (unpaired) electrons. The maximum absolute atomic E-state index is 12.3. The number of carbonyl (C=O) groups excluding carboxylic acids is 1. The molecule has 1 aromatic heterocycles. The summed E-state index contributed by atoms with van der Waals surface area (Å²) in [5.74, 6) is 2.44. The lowest BCUT2D eigenvalue weighted by atomic mass is 10.2. The minimum Gasteiger partial charge on any atom is -0.444 e. The summed E-state index contributed by atoms with van der Waals surface area (Å²) in [4.78, 5) is 25.1. The van der Waals surface area contributed by atoms with Crippen molar-refractivity contribution in [1.29, 1.82) is 0 Å². The van der Waals surface area contributed by atoms with E-state index in [2.05, 4.69) is 25.5 Å². The average molecular weight is 379 g/mol. The van der Waals surface area contributed by atoms with Crippen molar-refractivity contribution in [1.82, 2.24) is 25.4 Å². The molecule has 8 nitrogen and oxygen atoms in total. The van der Waals surface area contributed by atoms with E-state index in [0.717, 1.165) is 62.9 Å². The number of aryl methyl sites for hydroxylation is 2. The summed E-state index contributed by atoms with van der Waals surface area (Å²) < 4.78 is 5.57. The van der Waals surface area contributed by atoms with Crippen LogP contribution in [0.25, 0.3) is 0 Å². The molecule has 0 saturated carbocycles. The molecule has 1 aliphatic rings. The van der Waals surface area contributed by atoms with Crippen LogP contribution in [0, 0.1) is 13.8 Å². The van der Waals surface area contributed by atoms with E-state index in [-0.39, 0.29) is 11.9 Å². The highest BCUT2D eigenvalue weighted by Crippen LogP contribution is 2.18. The van der Waals surface area contributed by atoms with Crippen LogP contribution in [0.1, 0.15) is 43.5 Å².